The number of hydrogen-bond acceptors (Lipinski definition) is 1. The van der Waals surface area contributed by atoms with E-state index in [2.05, 4.69) is 62.4 Å². The molecule has 1 nitrogen and oxygen atoms in total. The molecule has 0 saturated heterocycles. The minimum Gasteiger partial charge on any atom is -0.494 e. The molecule has 2 aromatic carbocycles. The minimum absolute atomic E-state index is 0.768. The lowest BCUT2D eigenvalue weighted by atomic mass is 9.77. The predicted octanol–water partition coefficient (Wildman–Crippen LogP) is 9.56. The summed E-state index contributed by atoms with van der Waals surface area (Å²) in [5.41, 5.74) is 4.12. The topological polar surface area (TPSA) is 9.23 Å². The van der Waals surface area contributed by atoms with Gasteiger partial charge in [0.1, 0.15) is 5.75 Å². The molecule has 3 rings (SSSR count). The van der Waals surface area contributed by atoms with Crippen molar-refractivity contribution in [3.8, 4) is 16.9 Å². The fraction of sp³-hybridized carbons (Fsp3) is 0.600. The highest BCUT2D eigenvalue weighted by Gasteiger charge is 2.21. The lowest BCUT2D eigenvalue weighted by Crippen LogP contribution is -2.12. The Labute approximate surface area is 191 Å². The Balaban J connectivity index is 1.38. The zero-order valence-electron chi connectivity index (χ0n) is 20.1. The molecule has 0 heterocycles. The summed E-state index contributed by atoms with van der Waals surface area (Å²) < 4.78 is 5.96. The van der Waals surface area contributed by atoms with E-state index < -0.39 is 0 Å². The minimum atomic E-state index is 0.768. The fourth-order valence-electron chi connectivity index (χ4n) is 5.02. The van der Waals surface area contributed by atoms with Crippen LogP contribution >= 0.6 is 0 Å². The predicted molar refractivity (Wildman–Crippen MR) is 135 cm³/mol. The van der Waals surface area contributed by atoms with Gasteiger partial charge < -0.3 is 4.74 Å². The quantitative estimate of drug-likeness (QED) is 0.293. The van der Waals surface area contributed by atoms with Gasteiger partial charge in [0.15, 0.2) is 0 Å². The molecule has 0 bridgehead atoms. The molecule has 170 valence electrons. The molecular formula is C30H44O. The molecule has 1 saturated carbocycles. The first kappa shape index (κ1) is 23.9. The van der Waals surface area contributed by atoms with Gasteiger partial charge in [0.25, 0.3) is 0 Å². The van der Waals surface area contributed by atoms with Gasteiger partial charge in [0.05, 0.1) is 6.61 Å². The van der Waals surface area contributed by atoms with Crippen molar-refractivity contribution in [3.63, 3.8) is 0 Å². The van der Waals surface area contributed by atoms with E-state index in [4.69, 9.17) is 4.74 Å². The molecule has 0 N–H and O–H groups in total. The van der Waals surface area contributed by atoms with Crippen LogP contribution in [0.1, 0.15) is 109 Å². The van der Waals surface area contributed by atoms with Gasteiger partial charge in [0.2, 0.25) is 0 Å². The summed E-state index contributed by atoms with van der Waals surface area (Å²) in [4.78, 5) is 0. The van der Waals surface area contributed by atoms with Gasteiger partial charge in [-0.3, -0.25) is 0 Å². The van der Waals surface area contributed by atoms with Crippen molar-refractivity contribution in [3.05, 3.63) is 54.1 Å². The van der Waals surface area contributed by atoms with E-state index in [0.29, 0.717) is 0 Å². The maximum absolute atomic E-state index is 5.96. The van der Waals surface area contributed by atoms with Gasteiger partial charge in [0, 0.05) is 0 Å². The van der Waals surface area contributed by atoms with E-state index >= 15 is 0 Å². The zero-order chi connectivity index (χ0) is 21.7. The van der Waals surface area contributed by atoms with Crippen LogP contribution in [0.4, 0.5) is 0 Å². The summed E-state index contributed by atoms with van der Waals surface area (Å²) in [6.07, 6.45) is 17.6. The molecule has 1 fully saturated rings. The van der Waals surface area contributed by atoms with Crippen LogP contribution in [0.15, 0.2) is 48.5 Å². The third-order valence-electron chi connectivity index (χ3n) is 7.26. The number of ether oxygens (including phenoxy) is 1. The van der Waals surface area contributed by atoms with Crippen LogP contribution in [-0.2, 0) is 0 Å². The van der Waals surface area contributed by atoms with Crippen LogP contribution in [-0.4, -0.2) is 6.61 Å². The number of hydrogen-bond donors (Lipinski definition) is 0. The number of benzene rings is 2. The second-order valence-electron chi connectivity index (χ2n) is 9.60. The maximum atomic E-state index is 5.96. The molecule has 0 aliphatic heterocycles. The van der Waals surface area contributed by atoms with Crippen LogP contribution in [0.3, 0.4) is 0 Å². The third kappa shape index (κ3) is 8.02. The van der Waals surface area contributed by atoms with Gasteiger partial charge in [-0.1, -0.05) is 102 Å². The average molecular weight is 421 g/mol. The molecule has 0 aromatic heterocycles. The summed E-state index contributed by atoms with van der Waals surface area (Å²) in [5, 5.41) is 0. The first-order chi connectivity index (χ1) is 15.3. The normalized spacial score (nSPS) is 18.8. The summed E-state index contributed by atoms with van der Waals surface area (Å²) in [6.45, 7) is 5.45. The Morgan fingerprint density at radius 3 is 1.77 bits per heavy atom. The second-order valence-corrected chi connectivity index (χ2v) is 9.60. The van der Waals surface area contributed by atoms with Gasteiger partial charge >= 0.3 is 0 Å². The van der Waals surface area contributed by atoms with E-state index in [1.807, 2.05) is 0 Å². The highest BCUT2D eigenvalue weighted by Crippen LogP contribution is 2.37. The highest BCUT2D eigenvalue weighted by molar-refractivity contribution is 5.64. The molecule has 0 spiro atoms. The van der Waals surface area contributed by atoms with E-state index in [0.717, 1.165) is 30.6 Å². The third-order valence-corrected chi connectivity index (χ3v) is 7.26. The van der Waals surface area contributed by atoms with Crippen LogP contribution in [0.2, 0.25) is 0 Å². The van der Waals surface area contributed by atoms with Crippen molar-refractivity contribution in [1.82, 2.24) is 0 Å². The molecule has 2 aromatic rings. The zero-order valence-corrected chi connectivity index (χ0v) is 20.1. The van der Waals surface area contributed by atoms with Gasteiger partial charge in [-0.2, -0.15) is 0 Å². The van der Waals surface area contributed by atoms with Crippen LogP contribution < -0.4 is 4.74 Å². The molecule has 0 amide bonds. The Hall–Kier alpha value is -1.76. The average Bonchev–Trinajstić information content (AvgIpc) is 2.83. The lowest BCUT2D eigenvalue weighted by molar-refractivity contribution is 0.304. The maximum Gasteiger partial charge on any atom is 0.119 e. The summed E-state index contributed by atoms with van der Waals surface area (Å²) in [6, 6.07) is 18.0. The lowest BCUT2D eigenvalue weighted by Gasteiger charge is -2.28. The van der Waals surface area contributed by atoms with E-state index in [1.54, 1.807) is 0 Å². The van der Waals surface area contributed by atoms with Crippen molar-refractivity contribution in [1.29, 1.82) is 0 Å². The molecule has 0 unspecified atom stereocenters. The molecular weight excluding hydrogens is 376 g/mol. The fourth-order valence-corrected chi connectivity index (χ4v) is 5.02. The molecule has 0 atom stereocenters. The van der Waals surface area contributed by atoms with Crippen molar-refractivity contribution in [2.45, 2.75) is 103 Å². The monoisotopic (exact) mass is 420 g/mol. The van der Waals surface area contributed by atoms with Crippen molar-refractivity contribution < 1.29 is 4.74 Å². The molecule has 0 radical (unpaired) electrons. The summed E-state index contributed by atoms with van der Waals surface area (Å²) in [7, 11) is 0. The van der Waals surface area contributed by atoms with Crippen molar-refractivity contribution in [2.24, 2.45) is 5.92 Å². The molecule has 1 heteroatoms. The number of unbranched alkanes of at least 4 members (excludes halogenated alkanes) is 7. The van der Waals surface area contributed by atoms with Crippen LogP contribution in [0.25, 0.3) is 11.1 Å². The first-order valence-corrected chi connectivity index (χ1v) is 13.1. The smallest absolute Gasteiger partial charge is 0.119 e. The van der Waals surface area contributed by atoms with Gasteiger partial charge in [-0.15, -0.1) is 0 Å². The van der Waals surface area contributed by atoms with E-state index in [1.165, 1.54) is 93.7 Å². The SMILES string of the molecule is CCCCCCCCCCOc1ccc(-c2ccc(C3CCC(CC)CC3)cc2)cc1. The van der Waals surface area contributed by atoms with Gasteiger partial charge in [-0.05, 0) is 72.8 Å². The highest BCUT2D eigenvalue weighted by atomic mass is 16.5. The van der Waals surface area contributed by atoms with Crippen LogP contribution in [0.5, 0.6) is 5.75 Å². The van der Waals surface area contributed by atoms with E-state index in [-0.39, 0.29) is 0 Å². The second kappa shape index (κ2) is 13.6. The first-order valence-electron chi connectivity index (χ1n) is 13.1. The Morgan fingerprint density at radius 2 is 1.19 bits per heavy atom. The van der Waals surface area contributed by atoms with Gasteiger partial charge in [-0.25, -0.2) is 0 Å². The summed E-state index contributed by atoms with van der Waals surface area (Å²) in [5.74, 6) is 2.73. The Morgan fingerprint density at radius 1 is 0.645 bits per heavy atom. The van der Waals surface area contributed by atoms with E-state index in [9.17, 15) is 0 Å². The standard InChI is InChI=1S/C30H44O/c1-3-5-6-7-8-9-10-11-24-31-30-22-20-29(21-23-30)28-18-16-27(17-19-28)26-14-12-25(4-2)13-15-26/h16-23,25-26H,3-15,24H2,1-2H3. The molecule has 31 heavy (non-hydrogen) atoms. The largest absolute Gasteiger partial charge is 0.494 e. The van der Waals surface area contributed by atoms with Crippen molar-refractivity contribution in [2.75, 3.05) is 6.61 Å². The number of rotatable bonds is 13. The Bertz CT molecular complexity index is 707. The van der Waals surface area contributed by atoms with Crippen LogP contribution in [0, 0.1) is 5.92 Å². The molecule has 1 aliphatic rings. The van der Waals surface area contributed by atoms with Crippen molar-refractivity contribution >= 4 is 0 Å². The summed E-state index contributed by atoms with van der Waals surface area (Å²) >= 11 is 0. The Kier molecular flexibility index (Phi) is 10.5. The molecule has 1 aliphatic carbocycles.